The third-order valence-corrected chi connectivity index (χ3v) is 0. The first-order valence-corrected chi connectivity index (χ1v) is 1.49. The quantitative estimate of drug-likeness (QED) is 0.339. The van der Waals surface area contributed by atoms with Crippen LogP contribution in [0.3, 0.4) is 0 Å². The van der Waals surface area contributed by atoms with Gasteiger partial charge in [0, 0.05) is 29.3 Å². The number of rotatable bonds is 0. The van der Waals surface area contributed by atoms with Gasteiger partial charge in [0.25, 0.3) is 11.1 Å². The third-order valence-electron chi connectivity index (χ3n) is 0. The van der Waals surface area contributed by atoms with E-state index in [0.29, 0.717) is 0 Å². The number of carboxylic acid groups (broad SMARTS) is 1. The summed E-state index contributed by atoms with van der Waals surface area (Å²) < 4.78 is 0. The summed E-state index contributed by atoms with van der Waals surface area (Å²) in [5.41, 5.74) is 0. The van der Waals surface area contributed by atoms with Crippen molar-refractivity contribution in [2.24, 2.45) is 0 Å². The Bertz CT molecular complexity index is 73.0. The Morgan fingerprint density at radius 3 is 1.67 bits per heavy atom. The van der Waals surface area contributed by atoms with Crippen molar-refractivity contribution in [2.75, 3.05) is 0 Å². The van der Waals surface area contributed by atoms with Crippen molar-refractivity contribution >= 4 is 5.97 Å². The van der Waals surface area contributed by atoms with Crippen LogP contribution >= 0.6 is 0 Å². The number of aliphatic carboxylic acids is 1. The molecule has 0 amide bonds. The molecule has 0 aromatic carbocycles. The first-order valence-electron chi connectivity index (χ1n) is 1.49. The van der Waals surface area contributed by atoms with Gasteiger partial charge in [0.1, 0.15) is 0 Å². The van der Waals surface area contributed by atoms with Crippen LogP contribution in [0.1, 0.15) is 6.92 Å². The van der Waals surface area contributed by atoms with E-state index >= 15 is 0 Å². The van der Waals surface area contributed by atoms with Crippen LogP contribution in [0.2, 0.25) is 0 Å². The Balaban J connectivity index is -0.0000000720. The van der Waals surface area contributed by atoms with Gasteiger partial charge in [0.05, 0.1) is 0 Å². The van der Waals surface area contributed by atoms with Gasteiger partial charge in [0.2, 0.25) is 0 Å². The van der Waals surface area contributed by atoms with Crippen LogP contribution in [0.5, 0.6) is 0 Å². The van der Waals surface area contributed by atoms with Crippen LogP contribution in [0.4, 0.5) is 0 Å². The van der Waals surface area contributed by atoms with Crippen molar-refractivity contribution in [1.82, 2.24) is 0 Å². The molecule has 0 fully saturated rings. The minimum absolute atomic E-state index is 0. The second-order valence-corrected chi connectivity index (χ2v) is 0.757. The predicted molar refractivity (Wildman–Crippen MR) is 22.1 cm³/mol. The molecule has 0 bridgehead atoms. The molecule has 0 rings (SSSR count). The van der Waals surface area contributed by atoms with E-state index in [-0.39, 0.29) is 22.4 Å². The number of hydrogen-bond donors (Lipinski definition) is 2. The summed E-state index contributed by atoms with van der Waals surface area (Å²) in [4.78, 5) is 17.4. The fourth-order valence-corrected chi connectivity index (χ4v) is 0. The topological polar surface area (TPSA) is 101 Å². The van der Waals surface area contributed by atoms with E-state index < -0.39 is 11.1 Å². The number of hydrogen-bond acceptors (Lipinski definition) is 3. The van der Waals surface area contributed by atoms with E-state index in [0.717, 1.165) is 6.92 Å². The zero-order chi connectivity index (χ0) is 7.15. The van der Waals surface area contributed by atoms with E-state index in [9.17, 15) is 0 Å². The van der Waals surface area contributed by atoms with Crippen molar-refractivity contribution < 1.29 is 42.6 Å². The van der Waals surface area contributed by atoms with Gasteiger partial charge in [-0.15, -0.1) is 10.1 Å². The molecule has 0 aliphatic carbocycles. The summed E-state index contributed by atoms with van der Waals surface area (Å²) in [5.74, 6) is -0.833. The minimum Gasteiger partial charge on any atom is -0.481 e. The zero-order valence-electron chi connectivity index (χ0n) is 4.37. The molecular weight excluding hydrogens is 226 g/mol. The summed E-state index contributed by atoms with van der Waals surface area (Å²) >= 11 is 0. The van der Waals surface area contributed by atoms with Crippen LogP contribution < -0.4 is 0 Å². The van der Waals surface area contributed by atoms with Crippen LogP contribution in [-0.2, 0) is 27.2 Å². The fourth-order valence-electron chi connectivity index (χ4n) is 0. The smallest absolute Gasteiger partial charge is 0.300 e. The molecule has 2 N–H and O–H groups in total. The van der Waals surface area contributed by atoms with Gasteiger partial charge in [-0.25, -0.2) is 0 Å². The summed E-state index contributed by atoms with van der Waals surface area (Å²) in [5, 5.41) is 21.1. The molecule has 9 heavy (non-hydrogen) atoms. The Morgan fingerprint density at radius 1 is 1.67 bits per heavy atom. The summed E-state index contributed by atoms with van der Waals surface area (Å²) in [6, 6.07) is 0. The van der Waals surface area contributed by atoms with Crippen molar-refractivity contribution in [2.45, 2.75) is 6.92 Å². The molecule has 0 aliphatic rings. The first kappa shape index (κ1) is 15.8. The normalized spacial score (nSPS) is 5.44. The summed E-state index contributed by atoms with van der Waals surface area (Å²) in [7, 11) is 0. The largest absolute Gasteiger partial charge is 0.481 e. The van der Waals surface area contributed by atoms with Crippen molar-refractivity contribution in [3.8, 4) is 0 Å². The molecule has 0 unspecified atom stereocenters. The van der Waals surface area contributed by atoms with Crippen LogP contribution in [0.15, 0.2) is 0 Å². The maximum Gasteiger partial charge on any atom is 0.300 e. The molecule has 0 saturated heterocycles. The van der Waals surface area contributed by atoms with Gasteiger partial charge in [-0.2, -0.15) is 0 Å². The average molecular weight is 231 g/mol. The van der Waals surface area contributed by atoms with Crippen molar-refractivity contribution in [3.63, 3.8) is 0 Å². The number of nitrogens with zero attached hydrogens (tertiary/aromatic N) is 1. The SMILES string of the molecule is CC(=O)O.O=[N+]([O-])O.[Ag]. The molecule has 0 aromatic rings. The summed E-state index contributed by atoms with van der Waals surface area (Å²) in [6.07, 6.45) is 0. The molecule has 0 aliphatic heterocycles. The molecule has 1 radical (unpaired) electrons. The standard InChI is InChI=1S/C2H4O2.Ag.HNO3/c1-2(3)4;;2-1(3)4/h1H3,(H,3,4);;(H,2,3,4). The van der Waals surface area contributed by atoms with E-state index in [2.05, 4.69) is 0 Å². The average Bonchev–Trinajstić information content (AvgIpc) is 1.25. The van der Waals surface area contributed by atoms with Crippen LogP contribution in [0, 0.1) is 10.1 Å². The third kappa shape index (κ3) is 624. The molecule has 0 saturated carbocycles. The Kier molecular flexibility index (Phi) is 18.2. The summed E-state index contributed by atoms with van der Waals surface area (Å²) in [6.45, 7) is 1.08. The molecular formula is C2H5AgNO5. The maximum absolute atomic E-state index is 9.00. The van der Waals surface area contributed by atoms with Crippen LogP contribution in [-0.4, -0.2) is 21.4 Å². The van der Waals surface area contributed by atoms with Gasteiger partial charge < -0.3 is 10.3 Å². The maximum atomic E-state index is 9.00. The second-order valence-electron chi connectivity index (χ2n) is 0.757. The molecule has 7 heteroatoms. The van der Waals surface area contributed by atoms with E-state index in [1.54, 1.807) is 0 Å². The van der Waals surface area contributed by atoms with Gasteiger partial charge in [-0.05, 0) is 0 Å². The Hall–Kier alpha value is -0.590. The second kappa shape index (κ2) is 10.4. The Morgan fingerprint density at radius 2 is 1.67 bits per heavy atom. The van der Waals surface area contributed by atoms with E-state index in [1.165, 1.54) is 0 Å². The number of carboxylic acids is 1. The molecule has 0 atom stereocenters. The van der Waals surface area contributed by atoms with E-state index in [4.69, 9.17) is 25.2 Å². The molecule has 0 heterocycles. The minimum atomic E-state index is -1.50. The van der Waals surface area contributed by atoms with Gasteiger partial charge in [-0.1, -0.05) is 0 Å². The number of carbonyl (C=O) groups is 1. The molecule has 0 aromatic heterocycles. The van der Waals surface area contributed by atoms with Crippen molar-refractivity contribution in [3.05, 3.63) is 10.1 Å². The molecule has 6 nitrogen and oxygen atoms in total. The molecule has 0 spiro atoms. The van der Waals surface area contributed by atoms with Gasteiger partial charge in [-0.3, -0.25) is 4.79 Å². The Labute approximate surface area is 66.1 Å². The van der Waals surface area contributed by atoms with Gasteiger partial charge >= 0.3 is 0 Å². The van der Waals surface area contributed by atoms with E-state index in [1.807, 2.05) is 0 Å². The predicted octanol–water partition coefficient (Wildman–Crippen LogP) is -0.259. The first-order chi connectivity index (χ1) is 3.46. The fraction of sp³-hybridized carbons (Fsp3) is 0.500. The monoisotopic (exact) mass is 230 g/mol. The van der Waals surface area contributed by atoms with Crippen LogP contribution in [0.25, 0.3) is 0 Å². The van der Waals surface area contributed by atoms with Gasteiger partial charge in [0.15, 0.2) is 0 Å². The zero-order valence-corrected chi connectivity index (χ0v) is 5.85. The van der Waals surface area contributed by atoms with Crippen molar-refractivity contribution in [1.29, 1.82) is 0 Å². The molecule has 59 valence electrons.